The number of piperidine rings is 1. The molecule has 2 aromatic rings. The highest BCUT2D eigenvalue weighted by atomic mass is 32.2. The third-order valence-corrected chi connectivity index (χ3v) is 6.02. The molecule has 0 aliphatic carbocycles. The quantitative estimate of drug-likeness (QED) is 0.856. The number of carbonyl (C=O) groups is 1. The molecule has 3 rings (SSSR count). The van der Waals surface area contributed by atoms with Gasteiger partial charge in [0, 0.05) is 32.0 Å². The van der Waals surface area contributed by atoms with Crippen molar-refractivity contribution in [1.29, 1.82) is 0 Å². The van der Waals surface area contributed by atoms with Crippen molar-refractivity contribution >= 4 is 15.9 Å². The van der Waals surface area contributed by atoms with Crippen LogP contribution in [0.1, 0.15) is 24.2 Å². The van der Waals surface area contributed by atoms with Crippen molar-refractivity contribution in [2.75, 3.05) is 19.3 Å². The molecule has 0 radical (unpaired) electrons. The summed E-state index contributed by atoms with van der Waals surface area (Å²) in [6.07, 6.45) is 6.24. The van der Waals surface area contributed by atoms with E-state index in [-0.39, 0.29) is 18.4 Å². The van der Waals surface area contributed by atoms with Gasteiger partial charge in [-0.05, 0) is 31.4 Å². The Morgan fingerprint density at radius 2 is 2.12 bits per heavy atom. The Bertz CT molecular complexity index is 891. The summed E-state index contributed by atoms with van der Waals surface area (Å²) in [6, 6.07) is 7.84. The van der Waals surface area contributed by atoms with E-state index in [0.29, 0.717) is 25.9 Å². The Morgan fingerprint density at radius 3 is 2.81 bits per heavy atom. The average molecular weight is 376 g/mol. The van der Waals surface area contributed by atoms with Crippen LogP contribution < -0.4 is 5.32 Å². The fourth-order valence-corrected chi connectivity index (χ4v) is 4.22. The molecule has 1 aromatic heterocycles. The minimum absolute atomic E-state index is 0.101. The van der Waals surface area contributed by atoms with E-state index in [1.807, 2.05) is 42.0 Å². The molecule has 1 atom stereocenters. The lowest BCUT2D eigenvalue weighted by atomic mass is 9.98. The minimum atomic E-state index is -3.26. The van der Waals surface area contributed by atoms with Crippen LogP contribution in [-0.4, -0.2) is 47.5 Å². The molecule has 8 heteroatoms. The number of nitrogens with zero attached hydrogens (tertiary/aromatic N) is 3. The number of rotatable bonds is 5. The van der Waals surface area contributed by atoms with Crippen molar-refractivity contribution in [2.24, 2.45) is 5.92 Å². The zero-order valence-electron chi connectivity index (χ0n) is 15.1. The first-order valence-corrected chi connectivity index (χ1v) is 10.5. The maximum atomic E-state index is 12.6. The zero-order chi connectivity index (χ0) is 18.7. The molecule has 2 heterocycles. The van der Waals surface area contributed by atoms with Crippen LogP contribution in [0, 0.1) is 12.8 Å². The molecule has 1 aromatic carbocycles. The number of aryl methyl sites for hydroxylation is 1. The largest absolute Gasteiger partial charge is 0.352 e. The molecule has 26 heavy (non-hydrogen) atoms. The number of imidazole rings is 1. The Morgan fingerprint density at radius 1 is 1.35 bits per heavy atom. The summed E-state index contributed by atoms with van der Waals surface area (Å²) < 4.78 is 26.8. The number of para-hydroxylation sites is 1. The number of hydrogen-bond donors (Lipinski definition) is 1. The molecule has 1 aliphatic rings. The van der Waals surface area contributed by atoms with E-state index in [1.54, 1.807) is 6.20 Å². The topological polar surface area (TPSA) is 84.3 Å². The highest BCUT2D eigenvalue weighted by Gasteiger charge is 2.30. The van der Waals surface area contributed by atoms with E-state index in [1.165, 1.54) is 10.6 Å². The standard InChI is InChI=1S/C18H24N4O3S/c1-14-19-9-11-22(14)17-8-4-3-6-15(17)12-20-18(23)16-7-5-10-21(13-16)26(2,24)25/h3-4,6,8-9,11,16H,5,7,10,12-13H2,1-2H3,(H,20,23)/t16-/m1/s1. The Balaban J connectivity index is 1.68. The van der Waals surface area contributed by atoms with Crippen LogP contribution in [0.25, 0.3) is 5.69 Å². The van der Waals surface area contributed by atoms with Gasteiger partial charge < -0.3 is 9.88 Å². The molecule has 0 spiro atoms. The number of nitrogens with one attached hydrogen (secondary N) is 1. The van der Waals surface area contributed by atoms with Gasteiger partial charge in [-0.3, -0.25) is 4.79 Å². The van der Waals surface area contributed by atoms with Crippen LogP contribution in [0.5, 0.6) is 0 Å². The number of hydrogen-bond acceptors (Lipinski definition) is 4. The van der Waals surface area contributed by atoms with Gasteiger partial charge in [0.25, 0.3) is 0 Å². The van der Waals surface area contributed by atoms with E-state index in [2.05, 4.69) is 10.3 Å². The average Bonchev–Trinajstić information content (AvgIpc) is 3.05. The summed E-state index contributed by atoms with van der Waals surface area (Å²) in [7, 11) is -3.26. The summed E-state index contributed by atoms with van der Waals surface area (Å²) in [4.78, 5) is 16.8. The van der Waals surface area contributed by atoms with E-state index in [9.17, 15) is 13.2 Å². The van der Waals surface area contributed by atoms with Crippen LogP contribution >= 0.6 is 0 Å². The van der Waals surface area contributed by atoms with Gasteiger partial charge in [0.2, 0.25) is 15.9 Å². The molecule has 1 aliphatic heterocycles. The van der Waals surface area contributed by atoms with Gasteiger partial charge in [0.05, 0.1) is 17.9 Å². The highest BCUT2D eigenvalue weighted by Crippen LogP contribution is 2.20. The van der Waals surface area contributed by atoms with E-state index < -0.39 is 10.0 Å². The summed E-state index contributed by atoms with van der Waals surface area (Å²) >= 11 is 0. The molecule has 1 saturated heterocycles. The first-order valence-electron chi connectivity index (χ1n) is 8.67. The molecule has 1 fully saturated rings. The molecule has 0 saturated carbocycles. The second-order valence-corrected chi connectivity index (χ2v) is 8.63. The maximum absolute atomic E-state index is 12.6. The van der Waals surface area contributed by atoms with Gasteiger partial charge in [-0.25, -0.2) is 17.7 Å². The lowest BCUT2D eigenvalue weighted by Crippen LogP contribution is -2.44. The smallest absolute Gasteiger partial charge is 0.224 e. The number of sulfonamides is 1. The van der Waals surface area contributed by atoms with Gasteiger partial charge in [-0.2, -0.15) is 0 Å². The monoisotopic (exact) mass is 376 g/mol. The lowest BCUT2D eigenvalue weighted by molar-refractivity contribution is -0.126. The number of carbonyl (C=O) groups excluding carboxylic acids is 1. The van der Waals surface area contributed by atoms with Crippen LogP contribution in [-0.2, 0) is 21.4 Å². The number of amides is 1. The van der Waals surface area contributed by atoms with Gasteiger partial charge in [-0.1, -0.05) is 18.2 Å². The lowest BCUT2D eigenvalue weighted by Gasteiger charge is -2.30. The fourth-order valence-electron chi connectivity index (χ4n) is 3.31. The first kappa shape index (κ1) is 18.6. The third kappa shape index (κ3) is 4.13. The van der Waals surface area contributed by atoms with Crippen molar-refractivity contribution in [3.63, 3.8) is 0 Å². The van der Waals surface area contributed by atoms with Crippen molar-refractivity contribution in [1.82, 2.24) is 19.2 Å². The summed E-state index contributed by atoms with van der Waals surface area (Å²) in [6.45, 7) is 3.07. The first-order chi connectivity index (χ1) is 12.4. The molecule has 1 amide bonds. The second-order valence-electron chi connectivity index (χ2n) is 6.65. The maximum Gasteiger partial charge on any atom is 0.224 e. The Labute approximate surface area is 154 Å². The highest BCUT2D eigenvalue weighted by molar-refractivity contribution is 7.88. The molecular weight excluding hydrogens is 352 g/mol. The Kier molecular flexibility index (Phi) is 5.43. The van der Waals surface area contributed by atoms with E-state index in [0.717, 1.165) is 17.1 Å². The molecule has 1 N–H and O–H groups in total. The Hall–Kier alpha value is -2.19. The predicted molar refractivity (Wildman–Crippen MR) is 99.3 cm³/mol. The summed E-state index contributed by atoms with van der Waals surface area (Å²) in [5.41, 5.74) is 1.96. The fraction of sp³-hybridized carbons (Fsp3) is 0.444. The van der Waals surface area contributed by atoms with Crippen molar-refractivity contribution in [2.45, 2.75) is 26.3 Å². The molecule has 0 bridgehead atoms. The number of aromatic nitrogens is 2. The summed E-state index contributed by atoms with van der Waals surface area (Å²) in [5.74, 6) is 0.468. The minimum Gasteiger partial charge on any atom is -0.352 e. The van der Waals surface area contributed by atoms with Crippen molar-refractivity contribution in [3.8, 4) is 5.69 Å². The van der Waals surface area contributed by atoms with Crippen molar-refractivity contribution in [3.05, 3.63) is 48.0 Å². The van der Waals surface area contributed by atoms with Gasteiger partial charge >= 0.3 is 0 Å². The number of benzene rings is 1. The molecule has 0 unspecified atom stereocenters. The van der Waals surface area contributed by atoms with Gasteiger partial charge in [0.15, 0.2) is 0 Å². The third-order valence-electron chi connectivity index (χ3n) is 4.75. The SMILES string of the molecule is Cc1nccn1-c1ccccc1CNC(=O)[C@@H]1CCCN(S(C)(=O)=O)C1. The van der Waals surface area contributed by atoms with Crippen LogP contribution in [0.15, 0.2) is 36.7 Å². The predicted octanol–water partition coefficient (Wildman–Crippen LogP) is 1.47. The van der Waals surface area contributed by atoms with E-state index >= 15 is 0 Å². The van der Waals surface area contributed by atoms with Crippen molar-refractivity contribution < 1.29 is 13.2 Å². The van der Waals surface area contributed by atoms with Gasteiger partial charge in [0.1, 0.15) is 5.82 Å². The van der Waals surface area contributed by atoms with E-state index in [4.69, 9.17) is 0 Å². The van der Waals surface area contributed by atoms with Crippen LogP contribution in [0.4, 0.5) is 0 Å². The zero-order valence-corrected chi connectivity index (χ0v) is 15.9. The molecular formula is C18H24N4O3S. The second kappa shape index (κ2) is 7.59. The van der Waals surface area contributed by atoms with Crippen LogP contribution in [0.2, 0.25) is 0 Å². The molecule has 140 valence electrons. The normalized spacial score (nSPS) is 18.6. The van der Waals surface area contributed by atoms with Crippen LogP contribution in [0.3, 0.4) is 0 Å². The molecule has 7 nitrogen and oxygen atoms in total. The van der Waals surface area contributed by atoms with Gasteiger partial charge in [-0.15, -0.1) is 0 Å². The summed E-state index contributed by atoms with van der Waals surface area (Å²) in [5, 5.41) is 2.97.